The molecule has 1 N–H and O–H groups in total. The molecule has 1 aromatic carbocycles. The Kier molecular flexibility index (Phi) is 3.26. The van der Waals surface area contributed by atoms with Crippen molar-refractivity contribution in [2.45, 2.75) is 45.6 Å². The zero-order chi connectivity index (χ0) is 12.5. The van der Waals surface area contributed by atoms with E-state index in [9.17, 15) is 4.39 Å². The molecule has 1 fully saturated rings. The van der Waals surface area contributed by atoms with Gasteiger partial charge in [-0.05, 0) is 48.9 Å². The Hall–Kier alpha value is -0.890. The van der Waals surface area contributed by atoms with Crippen LogP contribution in [-0.4, -0.2) is 12.1 Å². The fraction of sp³-hybridized carbons (Fsp3) is 0.600. The predicted molar refractivity (Wildman–Crippen MR) is 69.5 cm³/mol. The monoisotopic (exact) mass is 235 g/mol. The van der Waals surface area contributed by atoms with Crippen molar-refractivity contribution < 1.29 is 4.39 Å². The lowest BCUT2D eigenvalue weighted by Crippen LogP contribution is -2.52. The standard InChI is InChI=1S/C15H22FN/c1-14(2,3)15(9-4-10-17-15)11-12-5-7-13(16)8-6-12/h5-8,17H,4,9-11H2,1-3H3. The second-order valence-corrected chi connectivity index (χ2v) is 6.17. The highest BCUT2D eigenvalue weighted by atomic mass is 19.1. The summed E-state index contributed by atoms with van der Waals surface area (Å²) in [6, 6.07) is 6.92. The van der Waals surface area contributed by atoms with Crippen LogP contribution >= 0.6 is 0 Å². The van der Waals surface area contributed by atoms with E-state index in [1.54, 1.807) is 12.1 Å². The predicted octanol–water partition coefficient (Wildman–Crippen LogP) is 3.54. The Morgan fingerprint density at radius 2 is 1.88 bits per heavy atom. The van der Waals surface area contributed by atoms with Crippen molar-refractivity contribution in [3.05, 3.63) is 35.6 Å². The summed E-state index contributed by atoms with van der Waals surface area (Å²) in [7, 11) is 0. The zero-order valence-corrected chi connectivity index (χ0v) is 11.0. The van der Waals surface area contributed by atoms with Crippen LogP contribution in [0.25, 0.3) is 0 Å². The molecule has 2 heteroatoms. The van der Waals surface area contributed by atoms with Crippen LogP contribution in [-0.2, 0) is 6.42 Å². The summed E-state index contributed by atoms with van der Waals surface area (Å²) in [6.45, 7) is 7.96. The first-order valence-corrected chi connectivity index (χ1v) is 6.42. The van der Waals surface area contributed by atoms with Gasteiger partial charge in [0.1, 0.15) is 5.82 Å². The van der Waals surface area contributed by atoms with Crippen LogP contribution in [0.15, 0.2) is 24.3 Å². The van der Waals surface area contributed by atoms with Gasteiger partial charge in [0.2, 0.25) is 0 Å². The highest BCUT2D eigenvalue weighted by Crippen LogP contribution is 2.39. The lowest BCUT2D eigenvalue weighted by Gasteiger charge is -2.42. The summed E-state index contributed by atoms with van der Waals surface area (Å²) >= 11 is 0. The van der Waals surface area contributed by atoms with Gasteiger partial charge < -0.3 is 5.32 Å². The molecule has 0 amide bonds. The van der Waals surface area contributed by atoms with E-state index in [1.807, 2.05) is 12.1 Å². The van der Waals surface area contributed by atoms with E-state index in [4.69, 9.17) is 0 Å². The Labute approximate surface area is 103 Å². The first kappa shape index (κ1) is 12.6. The molecule has 1 heterocycles. The van der Waals surface area contributed by atoms with E-state index < -0.39 is 0 Å². The maximum Gasteiger partial charge on any atom is 0.123 e. The molecule has 0 spiro atoms. The van der Waals surface area contributed by atoms with Crippen LogP contribution in [0.2, 0.25) is 0 Å². The minimum atomic E-state index is -0.155. The van der Waals surface area contributed by atoms with Gasteiger partial charge >= 0.3 is 0 Å². The maximum absolute atomic E-state index is 12.9. The summed E-state index contributed by atoms with van der Waals surface area (Å²) in [5.74, 6) is -0.155. The normalized spacial score (nSPS) is 25.2. The van der Waals surface area contributed by atoms with Gasteiger partial charge in [-0.3, -0.25) is 0 Å². The molecule has 2 rings (SSSR count). The Bertz CT molecular complexity index is 369. The van der Waals surface area contributed by atoms with Crippen LogP contribution in [0.4, 0.5) is 4.39 Å². The van der Waals surface area contributed by atoms with Crippen molar-refractivity contribution in [1.82, 2.24) is 5.32 Å². The molecule has 0 aliphatic carbocycles. The van der Waals surface area contributed by atoms with Gasteiger partial charge in [0, 0.05) is 5.54 Å². The average Bonchev–Trinajstić information content (AvgIpc) is 2.70. The van der Waals surface area contributed by atoms with Gasteiger partial charge in [-0.1, -0.05) is 32.9 Å². The molecule has 17 heavy (non-hydrogen) atoms. The molecule has 0 bridgehead atoms. The molecule has 0 saturated carbocycles. The van der Waals surface area contributed by atoms with Crippen LogP contribution in [0.5, 0.6) is 0 Å². The number of hydrogen-bond acceptors (Lipinski definition) is 1. The zero-order valence-electron chi connectivity index (χ0n) is 11.0. The van der Waals surface area contributed by atoms with Gasteiger partial charge in [0.05, 0.1) is 0 Å². The first-order valence-electron chi connectivity index (χ1n) is 6.42. The van der Waals surface area contributed by atoms with Gasteiger partial charge in [-0.25, -0.2) is 4.39 Å². The number of rotatable bonds is 2. The van der Waals surface area contributed by atoms with Crippen LogP contribution in [0.3, 0.4) is 0 Å². The van der Waals surface area contributed by atoms with Gasteiger partial charge in [0.15, 0.2) is 0 Å². The first-order chi connectivity index (χ1) is 7.93. The van der Waals surface area contributed by atoms with E-state index in [1.165, 1.54) is 18.4 Å². The number of benzene rings is 1. The molecular weight excluding hydrogens is 213 g/mol. The van der Waals surface area contributed by atoms with Crippen molar-refractivity contribution in [3.8, 4) is 0 Å². The highest BCUT2D eigenvalue weighted by molar-refractivity contribution is 5.21. The minimum Gasteiger partial charge on any atom is -0.310 e. The van der Waals surface area contributed by atoms with E-state index in [2.05, 4.69) is 26.1 Å². The van der Waals surface area contributed by atoms with Gasteiger partial charge in [-0.2, -0.15) is 0 Å². The van der Waals surface area contributed by atoms with Gasteiger partial charge in [-0.15, -0.1) is 0 Å². The molecular formula is C15H22FN. The number of hydrogen-bond donors (Lipinski definition) is 1. The van der Waals surface area contributed by atoms with Crippen molar-refractivity contribution >= 4 is 0 Å². The SMILES string of the molecule is CC(C)(C)C1(Cc2ccc(F)cc2)CCCN1. The topological polar surface area (TPSA) is 12.0 Å². The molecule has 0 radical (unpaired) electrons. The smallest absolute Gasteiger partial charge is 0.123 e. The van der Waals surface area contributed by atoms with Crippen molar-refractivity contribution in [2.24, 2.45) is 5.41 Å². The van der Waals surface area contributed by atoms with E-state index in [0.29, 0.717) is 0 Å². The minimum absolute atomic E-state index is 0.155. The van der Waals surface area contributed by atoms with Crippen LogP contribution in [0.1, 0.15) is 39.2 Å². The largest absolute Gasteiger partial charge is 0.310 e. The molecule has 1 aliphatic heterocycles. The molecule has 1 saturated heterocycles. The van der Waals surface area contributed by atoms with E-state index >= 15 is 0 Å². The third kappa shape index (κ3) is 2.52. The lowest BCUT2D eigenvalue weighted by molar-refractivity contribution is 0.159. The Morgan fingerprint density at radius 3 is 2.35 bits per heavy atom. The quantitative estimate of drug-likeness (QED) is 0.826. The maximum atomic E-state index is 12.9. The molecule has 1 aliphatic rings. The summed E-state index contributed by atoms with van der Waals surface area (Å²) in [5, 5.41) is 3.68. The second-order valence-electron chi connectivity index (χ2n) is 6.17. The van der Waals surface area contributed by atoms with Crippen LogP contribution < -0.4 is 5.32 Å². The molecule has 94 valence electrons. The Morgan fingerprint density at radius 1 is 1.24 bits per heavy atom. The molecule has 1 aromatic rings. The van der Waals surface area contributed by atoms with Crippen molar-refractivity contribution in [1.29, 1.82) is 0 Å². The fourth-order valence-corrected chi connectivity index (χ4v) is 2.81. The average molecular weight is 235 g/mol. The summed E-state index contributed by atoms with van der Waals surface area (Å²) in [5.41, 5.74) is 1.60. The molecule has 1 unspecified atom stereocenters. The number of halogens is 1. The van der Waals surface area contributed by atoms with E-state index in [-0.39, 0.29) is 16.8 Å². The third-order valence-corrected chi connectivity index (χ3v) is 4.10. The molecule has 0 aromatic heterocycles. The van der Waals surface area contributed by atoms with Crippen LogP contribution in [0, 0.1) is 11.2 Å². The van der Waals surface area contributed by atoms with Crippen molar-refractivity contribution in [2.75, 3.05) is 6.54 Å². The molecule has 1 atom stereocenters. The molecule has 1 nitrogen and oxygen atoms in total. The van der Waals surface area contributed by atoms with Crippen molar-refractivity contribution in [3.63, 3.8) is 0 Å². The fourth-order valence-electron chi connectivity index (χ4n) is 2.81. The summed E-state index contributed by atoms with van der Waals surface area (Å²) < 4.78 is 12.9. The lowest BCUT2D eigenvalue weighted by atomic mass is 9.69. The summed E-state index contributed by atoms with van der Waals surface area (Å²) in [4.78, 5) is 0. The van der Waals surface area contributed by atoms with E-state index in [0.717, 1.165) is 13.0 Å². The number of nitrogens with one attached hydrogen (secondary N) is 1. The van der Waals surface area contributed by atoms with Gasteiger partial charge in [0.25, 0.3) is 0 Å². The summed E-state index contributed by atoms with van der Waals surface area (Å²) in [6.07, 6.45) is 3.42. The highest BCUT2D eigenvalue weighted by Gasteiger charge is 2.43. The second kappa shape index (κ2) is 4.41. The Balaban J connectivity index is 2.22. The third-order valence-electron chi connectivity index (χ3n) is 4.10.